The maximum atomic E-state index is 13.3. The molecule has 2 aromatic rings. The fourth-order valence-electron chi connectivity index (χ4n) is 2.67. The van der Waals surface area contributed by atoms with Crippen LogP contribution in [0.1, 0.15) is 29.0 Å². The van der Waals surface area contributed by atoms with Gasteiger partial charge in [-0.2, -0.15) is 13.2 Å². The lowest BCUT2D eigenvalue weighted by Gasteiger charge is -2.16. The van der Waals surface area contributed by atoms with Crippen LogP contribution in [-0.4, -0.2) is 40.4 Å². The van der Waals surface area contributed by atoms with E-state index in [1.54, 1.807) is 0 Å². The van der Waals surface area contributed by atoms with Crippen molar-refractivity contribution in [3.05, 3.63) is 29.7 Å². The second-order valence-electron chi connectivity index (χ2n) is 5.08. The number of likely N-dealkylation sites (tertiary alicyclic amines) is 1. The number of ether oxygens (including phenoxy) is 1. The van der Waals surface area contributed by atoms with E-state index in [2.05, 4.69) is 4.98 Å². The zero-order valence-corrected chi connectivity index (χ0v) is 11.9. The first-order valence-electron chi connectivity index (χ1n) is 6.85. The molecule has 0 saturated carbocycles. The number of aromatic nitrogens is 2. The van der Waals surface area contributed by atoms with Crippen molar-refractivity contribution >= 4 is 11.6 Å². The molecule has 1 aliphatic heterocycles. The van der Waals surface area contributed by atoms with E-state index in [9.17, 15) is 18.0 Å². The van der Waals surface area contributed by atoms with Crippen LogP contribution in [0.25, 0.3) is 5.65 Å². The van der Waals surface area contributed by atoms with Gasteiger partial charge in [-0.05, 0) is 25.0 Å². The lowest BCUT2D eigenvalue weighted by molar-refractivity contribution is -0.141. The Kier molecular flexibility index (Phi) is 3.46. The Morgan fingerprint density at radius 1 is 1.32 bits per heavy atom. The number of halogens is 3. The highest BCUT2D eigenvalue weighted by atomic mass is 19.4. The first-order chi connectivity index (χ1) is 10.4. The predicted octanol–water partition coefficient (Wildman–Crippen LogP) is 2.60. The number of carbonyl (C=O) groups is 1. The molecule has 1 amide bonds. The topological polar surface area (TPSA) is 46.8 Å². The summed E-state index contributed by atoms with van der Waals surface area (Å²) in [6.07, 6.45) is -1.72. The highest BCUT2D eigenvalue weighted by molar-refractivity contribution is 5.95. The second kappa shape index (κ2) is 5.19. The molecule has 2 aromatic heterocycles. The lowest BCUT2D eigenvalue weighted by Crippen LogP contribution is -2.30. The van der Waals surface area contributed by atoms with Gasteiger partial charge in [-0.1, -0.05) is 0 Å². The number of pyridine rings is 1. The summed E-state index contributed by atoms with van der Waals surface area (Å²) in [6.45, 7) is 0.931. The summed E-state index contributed by atoms with van der Waals surface area (Å²) in [5.41, 5.74) is -1.64. The second-order valence-corrected chi connectivity index (χ2v) is 5.08. The van der Waals surface area contributed by atoms with Gasteiger partial charge in [-0.25, -0.2) is 4.98 Å². The monoisotopic (exact) mass is 313 g/mol. The fourth-order valence-corrected chi connectivity index (χ4v) is 2.67. The molecule has 0 radical (unpaired) electrons. The highest BCUT2D eigenvalue weighted by Gasteiger charge is 2.41. The molecule has 3 rings (SSSR count). The van der Waals surface area contributed by atoms with E-state index >= 15 is 0 Å². The van der Waals surface area contributed by atoms with Crippen LogP contribution in [0.2, 0.25) is 0 Å². The molecule has 3 heterocycles. The number of hydrogen-bond acceptors (Lipinski definition) is 3. The van der Waals surface area contributed by atoms with Crippen LogP contribution in [0, 0.1) is 0 Å². The Balaban J connectivity index is 2.23. The van der Waals surface area contributed by atoms with Crippen molar-refractivity contribution in [3.8, 4) is 5.75 Å². The van der Waals surface area contributed by atoms with Gasteiger partial charge in [0.2, 0.25) is 0 Å². The number of methoxy groups -OCH3 is 1. The number of imidazole rings is 1. The van der Waals surface area contributed by atoms with E-state index in [0.29, 0.717) is 13.1 Å². The summed E-state index contributed by atoms with van der Waals surface area (Å²) in [4.78, 5) is 17.6. The predicted molar refractivity (Wildman–Crippen MR) is 71.9 cm³/mol. The van der Waals surface area contributed by atoms with Gasteiger partial charge in [0, 0.05) is 19.3 Å². The van der Waals surface area contributed by atoms with Crippen molar-refractivity contribution in [1.82, 2.24) is 14.3 Å². The lowest BCUT2D eigenvalue weighted by atomic mass is 10.2. The SMILES string of the molecule is COc1cccn2c(C(=O)N3CCCC3)c(C(F)(F)F)nc12. The summed E-state index contributed by atoms with van der Waals surface area (Å²) in [5, 5.41) is 0. The normalized spacial score (nSPS) is 15.5. The van der Waals surface area contributed by atoms with Crippen molar-refractivity contribution in [1.29, 1.82) is 0 Å². The van der Waals surface area contributed by atoms with Crippen LogP contribution in [0.3, 0.4) is 0 Å². The van der Waals surface area contributed by atoms with Gasteiger partial charge in [-0.15, -0.1) is 0 Å². The zero-order valence-electron chi connectivity index (χ0n) is 11.9. The van der Waals surface area contributed by atoms with Crippen molar-refractivity contribution in [2.24, 2.45) is 0 Å². The minimum atomic E-state index is -4.71. The Labute approximate surface area is 124 Å². The van der Waals surface area contributed by atoms with Crippen LogP contribution in [0.4, 0.5) is 13.2 Å². The van der Waals surface area contributed by atoms with E-state index in [1.807, 2.05) is 0 Å². The molecule has 0 bridgehead atoms. The quantitative estimate of drug-likeness (QED) is 0.856. The number of alkyl halides is 3. The van der Waals surface area contributed by atoms with E-state index in [4.69, 9.17) is 4.74 Å². The molecule has 22 heavy (non-hydrogen) atoms. The molecule has 1 aliphatic rings. The van der Waals surface area contributed by atoms with E-state index in [-0.39, 0.29) is 11.4 Å². The number of nitrogens with zero attached hydrogens (tertiary/aromatic N) is 3. The van der Waals surface area contributed by atoms with Gasteiger partial charge in [-0.3, -0.25) is 9.20 Å². The Bertz CT molecular complexity index is 718. The Morgan fingerprint density at radius 2 is 2.00 bits per heavy atom. The Morgan fingerprint density at radius 3 is 2.59 bits per heavy atom. The molecular weight excluding hydrogens is 299 g/mol. The summed E-state index contributed by atoms with van der Waals surface area (Å²) >= 11 is 0. The molecule has 0 aliphatic carbocycles. The molecule has 1 fully saturated rings. The third-order valence-electron chi connectivity index (χ3n) is 3.70. The van der Waals surface area contributed by atoms with Crippen LogP contribution in [0.5, 0.6) is 5.75 Å². The van der Waals surface area contributed by atoms with Crippen LogP contribution < -0.4 is 4.74 Å². The van der Waals surface area contributed by atoms with Crippen molar-refractivity contribution in [2.75, 3.05) is 20.2 Å². The third-order valence-corrected chi connectivity index (χ3v) is 3.70. The van der Waals surface area contributed by atoms with Crippen LogP contribution in [-0.2, 0) is 6.18 Å². The summed E-state index contributed by atoms with van der Waals surface area (Å²) in [7, 11) is 1.35. The minimum absolute atomic E-state index is 0.0140. The van der Waals surface area contributed by atoms with Gasteiger partial charge >= 0.3 is 6.18 Å². The maximum Gasteiger partial charge on any atom is 0.435 e. The van der Waals surface area contributed by atoms with E-state index in [1.165, 1.54) is 30.3 Å². The fraction of sp³-hybridized carbons (Fsp3) is 0.429. The molecule has 0 atom stereocenters. The maximum absolute atomic E-state index is 13.3. The van der Waals surface area contributed by atoms with Gasteiger partial charge in [0.1, 0.15) is 5.69 Å². The number of fused-ring (bicyclic) bond motifs is 1. The zero-order chi connectivity index (χ0) is 15.9. The average Bonchev–Trinajstić information content (AvgIpc) is 3.12. The van der Waals surface area contributed by atoms with Gasteiger partial charge in [0.05, 0.1) is 7.11 Å². The standard InChI is InChI=1S/C14H14F3N3O2/c1-22-9-5-4-8-20-10(13(21)19-6-2-3-7-19)11(14(15,16)17)18-12(9)20/h4-5,8H,2-3,6-7H2,1H3. The van der Waals surface area contributed by atoms with Crippen LogP contribution in [0.15, 0.2) is 18.3 Å². The minimum Gasteiger partial charge on any atom is -0.493 e. The van der Waals surface area contributed by atoms with E-state index in [0.717, 1.165) is 17.2 Å². The molecule has 0 spiro atoms. The molecule has 118 valence electrons. The molecule has 5 nitrogen and oxygen atoms in total. The highest BCUT2D eigenvalue weighted by Crippen LogP contribution is 2.34. The summed E-state index contributed by atoms with van der Waals surface area (Å²) < 4.78 is 46.0. The number of hydrogen-bond donors (Lipinski definition) is 0. The molecule has 0 unspecified atom stereocenters. The van der Waals surface area contributed by atoms with Gasteiger partial charge in [0.25, 0.3) is 5.91 Å². The van der Waals surface area contributed by atoms with Crippen LogP contribution >= 0.6 is 0 Å². The molecule has 1 saturated heterocycles. The number of rotatable bonds is 2. The van der Waals surface area contributed by atoms with Crippen molar-refractivity contribution < 1.29 is 22.7 Å². The number of carbonyl (C=O) groups excluding carboxylic acids is 1. The summed E-state index contributed by atoms with van der Waals surface area (Å²) in [6, 6.07) is 3.03. The molecule has 0 aromatic carbocycles. The number of amides is 1. The first-order valence-corrected chi connectivity index (χ1v) is 6.85. The Hall–Kier alpha value is -2.25. The van der Waals surface area contributed by atoms with Gasteiger partial charge in [0.15, 0.2) is 17.1 Å². The molecule has 0 N–H and O–H groups in total. The van der Waals surface area contributed by atoms with E-state index < -0.39 is 23.5 Å². The first kappa shape index (κ1) is 14.7. The van der Waals surface area contributed by atoms with Gasteiger partial charge < -0.3 is 9.64 Å². The molecule has 8 heteroatoms. The average molecular weight is 313 g/mol. The smallest absolute Gasteiger partial charge is 0.435 e. The van der Waals surface area contributed by atoms with Crippen molar-refractivity contribution in [3.63, 3.8) is 0 Å². The third kappa shape index (κ3) is 2.28. The summed E-state index contributed by atoms with van der Waals surface area (Å²) in [5.74, 6) is -0.459. The van der Waals surface area contributed by atoms with Crippen molar-refractivity contribution in [2.45, 2.75) is 19.0 Å². The molecular formula is C14H14F3N3O2. The largest absolute Gasteiger partial charge is 0.493 e.